The highest BCUT2D eigenvalue weighted by molar-refractivity contribution is 6.04. The summed E-state index contributed by atoms with van der Waals surface area (Å²) in [7, 11) is 0. The molecule has 4 heteroatoms. The van der Waals surface area contributed by atoms with Crippen LogP contribution in [0.15, 0.2) is 30.3 Å². The van der Waals surface area contributed by atoms with E-state index in [1.165, 1.54) is 5.56 Å². The predicted octanol–water partition coefficient (Wildman–Crippen LogP) is 2.41. The van der Waals surface area contributed by atoms with E-state index in [0.717, 1.165) is 0 Å². The molecule has 1 fully saturated rings. The number of hydrogen-bond donors (Lipinski definition) is 2. The molecule has 0 spiro atoms. The highest BCUT2D eigenvalue weighted by Crippen LogP contribution is 2.46. The Morgan fingerprint density at radius 1 is 1.25 bits per heavy atom. The van der Waals surface area contributed by atoms with Crippen molar-refractivity contribution in [3.63, 3.8) is 0 Å². The molecule has 0 bridgehead atoms. The van der Waals surface area contributed by atoms with Crippen molar-refractivity contribution < 1.29 is 14.7 Å². The van der Waals surface area contributed by atoms with Crippen molar-refractivity contribution in [2.75, 3.05) is 6.54 Å². The first kappa shape index (κ1) is 14.6. The maximum atomic E-state index is 12.0. The minimum absolute atomic E-state index is 0.199. The lowest BCUT2D eigenvalue weighted by molar-refractivity contribution is -0.149. The van der Waals surface area contributed by atoms with E-state index in [9.17, 15) is 9.59 Å². The Morgan fingerprint density at radius 3 is 2.30 bits per heavy atom. The van der Waals surface area contributed by atoms with Gasteiger partial charge in [0.1, 0.15) is 5.41 Å². The smallest absolute Gasteiger partial charge is 0.319 e. The Morgan fingerprint density at radius 2 is 1.85 bits per heavy atom. The number of carboxylic acid groups (broad SMARTS) is 1. The van der Waals surface area contributed by atoms with Crippen LogP contribution in [0.2, 0.25) is 0 Å². The van der Waals surface area contributed by atoms with Gasteiger partial charge in [-0.05, 0) is 24.3 Å². The van der Waals surface area contributed by atoms with Gasteiger partial charge in [0.05, 0.1) is 0 Å². The molecule has 1 unspecified atom stereocenters. The fraction of sp³-hybridized carbons (Fsp3) is 0.500. The minimum Gasteiger partial charge on any atom is -0.480 e. The quantitative estimate of drug-likeness (QED) is 0.783. The first-order valence-electron chi connectivity index (χ1n) is 7.04. The summed E-state index contributed by atoms with van der Waals surface area (Å²) in [5.41, 5.74) is 0.0149. The second-order valence-corrected chi connectivity index (χ2v) is 5.86. The summed E-state index contributed by atoms with van der Waals surface area (Å²) in [4.78, 5) is 23.1. The molecule has 2 rings (SSSR count). The van der Waals surface area contributed by atoms with Crippen LogP contribution in [0.1, 0.15) is 38.2 Å². The standard InChI is InChI=1S/C16H21NO3/c1-11(2)13(12-6-4-3-5-7-12)10-17-14(18)16(8-9-16)15(19)20/h3-7,11,13H,8-10H2,1-2H3,(H,17,18)(H,19,20). The van der Waals surface area contributed by atoms with Crippen molar-refractivity contribution >= 4 is 11.9 Å². The lowest BCUT2D eigenvalue weighted by Crippen LogP contribution is -2.39. The van der Waals surface area contributed by atoms with E-state index in [-0.39, 0.29) is 11.8 Å². The van der Waals surface area contributed by atoms with Crippen LogP contribution in [0.25, 0.3) is 0 Å². The van der Waals surface area contributed by atoms with Crippen LogP contribution < -0.4 is 5.32 Å². The van der Waals surface area contributed by atoms with E-state index in [2.05, 4.69) is 19.2 Å². The van der Waals surface area contributed by atoms with E-state index >= 15 is 0 Å². The third-order valence-electron chi connectivity index (χ3n) is 4.11. The van der Waals surface area contributed by atoms with Gasteiger partial charge in [-0.25, -0.2) is 0 Å². The molecule has 0 radical (unpaired) electrons. The van der Waals surface area contributed by atoms with E-state index in [1.807, 2.05) is 30.3 Å². The van der Waals surface area contributed by atoms with Crippen LogP contribution in [0.5, 0.6) is 0 Å². The van der Waals surface area contributed by atoms with Gasteiger partial charge < -0.3 is 10.4 Å². The summed E-state index contributed by atoms with van der Waals surface area (Å²) in [5.74, 6) is -0.773. The minimum atomic E-state index is -1.15. The van der Waals surface area contributed by atoms with Crippen molar-refractivity contribution in [1.82, 2.24) is 5.32 Å². The van der Waals surface area contributed by atoms with Crippen LogP contribution in [-0.4, -0.2) is 23.5 Å². The third-order valence-corrected chi connectivity index (χ3v) is 4.11. The maximum Gasteiger partial charge on any atom is 0.319 e. The van der Waals surface area contributed by atoms with Gasteiger partial charge in [-0.1, -0.05) is 44.2 Å². The molecule has 1 saturated carbocycles. The molecule has 0 heterocycles. The predicted molar refractivity (Wildman–Crippen MR) is 76.3 cm³/mol. The van der Waals surface area contributed by atoms with Crippen molar-refractivity contribution in [2.24, 2.45) is 11.3 Å². The Labute approximate surface area is 119 Å². The summed E-state index contributed by atoms with van der Waals surface area (Å²) in [5, 5.41) is 11.9. The van der Waals surface area contributed by atoms with Crippen molar-refractivity contribution in [3.05, 3.63) is 35.9 Å². The molecule has 108 valence electrons. The number of carbonyl (C=O) groups is 2. The number of amides is 1. The number of hydrogen-bond acceptors (Lipinski definition) is 2. The number of carbonyl (C=O) groups excluding carboxylic acids is 1. The molecule has 0 aliphatic heterocycles. The Balaban J connectivity index is 2.01. The SMILES string of the molecule is CC(C)C(CNC(=O)C1(C(=O)O)CC1)c1ccccc1. The van der Waals surface area contributed by atoms with Gasteiger partial charge in [0.25, 0.3) is 0 Å². The first-order valence-corrected chi connectivity index (χ1v) is 7.04. The molecular weight excluding hydrogens is 254 g/mol. The van der Waals surface area contributed by atoms with Crippen LogP contribution in [0.4, 0.5) is 0 Å². The number of aliphatic carboxylic acids is 1. The largest absolute Gasteiger partial charge is 0.480 e. The van der Waals surface area contributed by atoms with Gasteiger partial charge in [0.2, 0.25) is 5.91 Å². The zero-order valence-electron chi connectivity index (χ0n) is 11.9. The molecule has 1 aliphatic rings. The Bertz CT molecular complexity index is 492. The highest BCUT2D eigenvalue weighted by Gasteiger charge is 2.57. The van der Waals surface area contributed by atoms with Crippen LogP contribution in [-0.2, 0) is 9.59 Å². The summed E-state index contributed by atoms with van der Waals surface area (Å²) < 4.78 is 0. The normalized spacial score (nSPS) is 17.6. The molecule has 2 N–H and O–H groups in total. The lowest BCUT2D eigenvalue weighted by Gasteiger charge is -2.22. The fourth-order valence-corrected chi connectivity index (χ4v) is 2.47. The van der Waals surface area contributed by atoms with E-state index in [1.54, 1.807) is 0 Å². The van der Waals surface area contributed by atoms with Gasteiger partial charge in [0.15, 0.2) is 0 Å². The Kier molecular flexibility index (Phi) is 4.12. The van der Waals surface area contributed by atoms with Gasteiger partial charge >= 0.3 is 5.97 Å². The molecule has 20 heavy (non-hydrogen) atoms. The monoisotopic (exact) mass is 275 g/mol. The maximum absolute atomic E-state index is 12.0. The molecule has 4 nitrogen and oxygen atoms in total. The average Bonchev–Trinajstić information content (AvgIpc) is 3.21. The second kappa shape index (κ2) is 5.65. The van der Waals surface area contributed by atoms with E-state index < -0.39 is 11.4 Å². The summed E-state index contributed by atoms with van der Waals surface area (Å²) in [6, 6.07) is 10.0. The van der Waals surface area contributed by atoms with Gasteiger partial charge in [0, 0.05) is 12.5 Å². The zero-order valence-corrected chi connectivity index (χ0v) is 11.9. The molecule has 1 aliphatic carbocycles. The van der Waals surface area contributed by atoms with Gasteiger partial charge in [-0.2, -0.15) is 0 Å². The molecule has 1 aromatic rings. The van der Waals surface area contributed by atoms with Crippen molar-refractivity contribution in [3.8, 4) is 0 Å². The van der Waals surface area contributed by atoms with Crippen LogP contribution in [0, 0.1) is 11.3 Å². The topological polar surface area (TPSA) is 66.4 Å². The van der Waals surface area contributed by atoms with Crippen molar-refractivity contribution in [1.29, 1.82) is 0 Å². The van der Waals surface area contributed by atoms with E-state index in [4.69, 9.17) is 5.11 Å². The van der Waals surface area contributed by atoms with Gasteiger partial charge in [-0.3, -0.25) is 9.59 Å². The fourth-order valence-electron chi connectivity index (χ4n) is 2.47. The molecule has 0 aromatic heterocycles. The second-order valence-electron chi connectivity index (χ2n) is 5.86. The van der Waals surface area contributed by atoms with Crippen LogP contribution in [0.3, 0.4) is 0 Å². The molecular formula is C16H21NO3. The van der Waals surface area contributed by atoms with Crippen LogP contribution >= 0.6 is 0 Å². The molecule has 1 aromatic carbocycles. The summed E-state index contributed by atoms with van der Waals surface area (Å²) in [6.07, 6.45) is 0.900. The number of nitrogens with one attached hydrogen (secondary N) is 1. The highest BCUT2D eigenvalue weighted by atomic mass is 16.4. The lowest BCUT2D eigenvalue weighted by atomic mass is 9.88. The zero-order chi connectivity index (χ0) is 14.8. The number of benzene rings is 1. The summed E-state index contributed by atoms with van der Waals surface area (Å²) in [6.45, 7) is 4.69. The summed E-state index contributed by atoms with van der Waals surface area (Å²) >= 11 is 0. The molecule has 0 saturated heterocycles. The number of rotatable bonds is 6. The average molecular weight is 275 g/mol. The number of carboxylic acids is 1. The molecule has 1 amide bonds. The van der Waals surface area contributed by atoms with Gasteiger partial charge in [-0.15, -0.1) is 0 Å². The first-order chi connectivity index (χ1) is 9.47. The third kappa shape index (κ3) is 2.84. The van der Waals surface area contributed by atoms with E-state index in [0.29, 0.717) is 25.3 Å². The Hall–Kier alpha value is -1.84. The van der Waals surface area contributed by atoms with Crippen molar-refractivity contribution in [2.45, 2.75) is 32.6 Å². The molecule has 1 atom stereocenters.